The van der Waals surface area contributed by atoms with Crippen molar-refractivity contribution in [2.75, 3.05) is 36.8 Å². The van der Waals surface area contributed by atoms with Gasteiger partial charge >= 0.3 is 0 Å². The summed E-state index contributed by atoms with van der Waals surface area (Å²) in [6, 6.07) is 7.97. The fourth-order valence-electron chi connectivity index (χ4n) is 2.52. The van der Waals surface area contributed by atoms with Gasteiger partial charge in [-0.1, -0.05) is 0 Å². The van der Waals surface area contributed by atoms with Gasteiger partial charge in [0.25, 0.3) is 0 Å². The van der Waals surface area contributed by atoms with Gasteiger partial charge in [-0.05, 0) is 30.2 Å². The van der Waals surface area contributed by atoms with Gasteiger partial charge in [-0.15, -0.1) is 0 Å². The normalized spacial score (nSPS) is 15.6. The minimum Gasteiger partial charge on any atom is -0.398 e. The Bertz CT molecular complexity index is 535. The van der Waals surface area contributed by atoms with E-state index in [1.807, 2.05) is 23.1 Å². The highest BCUT2D eigenvalue weighted by molar-refractivity contribution is 5.73. The van der Waals surface area contributed by atoms with Crippen LogP contribution in [0.15, 0.2) is 18.2 Å². The molecule has 20 heavy (non-hydrogen) atoms. The predicted octanol–water partition coefficient (Wildman–Crippen LogP) is 1.39. The monoisotopic (exact) mass is 272 g/mol. The number of nitrogens with zero attached hydrogens (tertiary/aromatic N) is 3. The third kappa shape index (κ3) is 3.21. The molecule has 1 aromatic carbocycles. The van der Waals surface area contributed by atoms with E-state index >= 15 is 0 Å². The van der Waals surface area contributed by atoms with Crippen molar-refractivity contribution in [3.05, 3.63) is 23.8 Å². The first-order valence-electron chi connectivity index (χ1n) is 6.87. The molecule has 1 amide bonds. The Hall–Kier alpha value is -2.22. The highest BCUT2D eigenvalue weighted by atomic mass is 16.2. The number of carbonyl (C=O) groups is 1. The molecule has 1 heterocycles. The highest BCUT2D eigenvalue weighted by Gasteiger charge is 2.17. The maximum absolute atomic E-state index is 11.4. The van der Waals surface area contributed by atoms with Crippen LogP contribution in [0, 0.1) is 11.3 Å². The van der Waals surface area contributed by atoms with Crippen molar-refractivity contribution in [2.24, 2.45) is 0 Å². The second-order valence-corrected chi connectivity index (χ2v) is 5.06. The van der Waals surface area contributed by atoms with Crippen LogP contribution in [0.3, 0.4) is 0 Å². The first-order chi connectivity index (χ1) is 9.61. The molecule has 2 N–H and O–H groups in total. The number of rotatable bonds is 2. The molecule has 0 unspecified atom stereocenters. The number of nitrogen functional groups attached to an aromatic ring is 1. The molecule has 0 radical (unpaired) electrons. The molecule has 1 aliphatic rings. The van der Waals surface area contributed by atoms with E-state index in [2.05, 4.69) is 11.0 Å². The van der Waals surface area contributed by atoms with Crippen LogP contribution in [0.1, 0.15) is 18.9 Å². The Morgan fingerprint density at radius 3 is 2.85 bits per heavy atom. The van der Waals surface area contributed by atoms with Crippen LogP contribution in [-0.2, 0) is 11.2 Å². The number of carbonyl (C=O) groups excluding carboxylic acids is 1. The molecule has 0 aliphatic carbocycles. The van der Waals surface area contributed by atoms with Crippen molar-refractivity contribution in [3.63, 3.8) is 0 Å². The summed E-state index contributed by atoms with van der Waals surface area (Å²) in [5, 5.41) is 8.82. The fraction of sp³-hybridized carbons (Fsp3) is 0.467. The zero-order chi connectivity index (χ0) is 14.5. The van der Waals surface area contributed by atoms with Crippen LogP contribution in [0.5, 0.6) is 0 Å². The summed E-state index contributed by atoms with van der Waals surface area (Å²) >= 11 is 0. The topological polar surface area (TPSA) is 73.4 Å². The van der Waals surface area contributed by atoms with E-state index in [0.29, 0.717) is 12.1 Å². The molecule has 2 rings (SSSR count). The minimum atomic E-state index is 0.134. The summed E-state index contributed by atoms with van der Waals surface area (Å²) in [7, 11) is 0. The molecule has 0 atom stereocenters. The van der Waals surface area contributed by atoms with Gasteiger partial charge in [-0.25, -0.2) is 0 Å². The van der Waals surface area contributed by atoms with Gasteiger partial charge in [-0.3, -0.25) is 4.79 Å². The minimum absolute atomic E-state index is 0.134. The Morgan fingerprint density at radius 2 is 2.15 bits per heavy atom. The number of hydrogen-bond acceptors (Lipinski definition) is 4. The molecule has 0 saturated carbocycles. The molecule has 5 nitrogen and oxygen atoms in total. The summed E-state index contributed by atoms with van der Waals surface area (Å²) in [5.74, 6) is 0.134. The van der Waals surface area contributed by atoms with E-state index in [0.717, 1.165) is 43.9 Å². The molecule has 0 aromatic heterocycles. The average molecular weight is 272 g/mol. The summed E-state index contributed by atoms with van der Waals surface area (Å²) < 4.78 is 0. The van der Waals surface area contributed by atoms with Gasteiger partial charge in [0.05, 0.1) is 12.5 Å². The summed E-state index contributed by atoms with van der Waals surface area (Å²) in [4.78, 5) is 15.6. The van der Waals surface area contributed by atoms with Crippen molar-refractivity contribution in [2.45, 2.75) is 19.8 Å². The van der Waals surface area contributed by atoms with Crippen molar-refractivity contribution in [1.29, 1.82) is 5.26 Å². The van der Waals surface area contributed by atoms with Gasteiger partial charge in [0, 0.05) is 44.5 Å². The van der Waals surface area contributed by atoms with Crippen LogP contribution in [0.4, 0.5) is 11.4 Å². The number of amides is 1. The Balaban J connectivity index is 2.13. The fourth-order valence-corrected chi connectivity index (χ4v) is 2.52. The zero-order valence-electron chi connectivity index (χ0n) is 11.8. The standard InChI is InChI=1S/C15H20N4O/c1-12(20)18-7-2-8-19(10-9-18)14-3-4-15(17)13(11-14)5-6-16/h3-4,11H,2,5,7-10,17H2,1H3. The molecule has 0 bridgehead atoms. The molecule has 0 spiro atoms. The summed E-state index contributed by atoms with van der Waals surface area (Å²) in [6.07, 6.45) is 1.28. The van der Waals surface area contributed by atoms with E-state index in [1.54, 1.807) is 6.92 Å². The first kappa shape index (κ1) is 14.2. The Labute approximate surface area is 119 Å². The van der Waals surface area contributed by atoms with Crippen molar-refractivity contribution >= 4 is 17.3 Å². The molecule has 5 heteroatoms. The number of benzene rings is 1. The van der Waals surface area contributed by atoms with E-state index in [9.17, 15) is 4.79 Å². The molecule has 1 saturated heterocycles. The SMILES string of the molecule is CC(=O)N1CCCN(c2ccc(N)c(CC#N)c2)CC1. The second kappa shape index (κ2) is 6.29. The van der Waals surface area contributed by atoms with Crippen LogP contribution in [-0.4, -0.2) is 37.0 Å². The molecule has 106 valence electrons. The van der Waals surface area contributed by atoms with E-state index in [4.69, 9.17) is 11.0 Å². The number of anilines is 2. The lowest BCUT2D eigenvalue weighted by atomic mass is 10.1. The average Bonchev–Trinajstić information content (AvgIpc) is 2.67. The maximum atomic E-state index is 11.4. The van der Waals surface area contributed by atoms with E-state index < -0.39 is 0 Å². The molecule has 1 aromatic rings. The van der Waals surface area contributed by atoms with Crippen LogP contribution < -0.4 is 10.6 Å². The van der Waals surface area contributed by atoms with Crippen LogP contribution in [0.2, 0.25) is 0 Å². The lowest BCUT2D eigenvalue weighted by Crippen LogP contribution is -2.33. The molecular formula is C15H20N4O. The second-order valence-electron chi connectivity index (χ2n) is 5.06. The highest BCUT2D eigenvalue weighted by Crippen LogP contribution is 2.23. The Kier molecular flexibility index (Phi) is 4.46. The van der Waals surface area contributed by atoms with Gasteiger partial charge < -0.3 is 15.5 Å². The van der Waals surface area contributed by atoms with E-state index in [1.165, 1.54) is 0 Å². The third-order valence-corrected chi connectivity index (χ3v) is 3.70. The van der Waals surface area contributed by atoms with Gasteiger partial charge in [0.2, 0.25) is 5.91 Å². The van der Waals surface area contributed by atoms with Crippen LogP contribution >= 0.6 is 0 Å². The third-order valence-electron chi connectivity index (χ3n) is 3.70. The quantitative estimate of drug-likeness (QED) is 0.826. The number of nitrogens with two attached hydrogens (primary N) is 1. The first-order valence-corrected chi connectivity index (χ1v) is 6.87. The lowest BCUT2D eigenvalue weighted by molar-refractivity contribution is -0.128. The Morgan fingerprint density at radius 1 is 1.35 bits per heavy atom. The van der Waals surface area contributed by atoms with Crippen LogP contribution in [0.25, 0.3) is 0 Å². The van der Waals surface area contributed by atoms with Crippen molar-refractivity contribution < 1.29 is 4.79 Å². The van der Waals surface area contributed by atoms with Gasteiger partial charge in [0.15, 0.2) is 0 Å². The van der Waals surface area contributed by atoms with Crippen molar-refractivity contribution in [1.82, 2.24) is 4.90 Å². The maximum Gasteiger partial charge on any atom is 0.219 e. The summed E-state index contributed by atoms with van der Waals surface area (Å²) in [5.41, 5.74) is 8.49. The van der Waals surface area contributed by atoms with Crippen molar-refractivity contribution in [3.8, 4) is 6.07 Å². The van der Waals surface area contributed by atoms with Gasteiger partial charge in [-0.2, -0.15) is 5.26 Å². The van der Waals surface area contributed by atoms with E-state index in [-0.39, 0.29) is 5.91 Å². The smallest absolute Gasteiger partial charge is 0.219 e. The van der Waals surface area contributed by atoms with Gasteiger partial charge in [0.1, 0.15) is 0 Å². The predicted molar refractivity (Wildman–Crippen MR) is 79.3 cm³/mol. The number of nitriles is 1. The molecule has 1 aliphatic heterocycles. The lowest BCUT2D eigenvalue weighted by Gasteiger charge is -2.24. The largest absolute Gasteiger partial charge is 0.398 e. The molecule has 1 fully saturated rings. The summed E-state index contributed by atoms with van der Waals surface area (Å²) in [6.45, 7) is 4.90. The zero-order valence-corrected chi connectivity index (χ0v) is 11.8. The molecular weight excluding hydrogens is 252 g/mol. The number of hydrogen-bond donors (Lipinski definition) is 1.